The SMILES string of the molecule is COC(C)(C)CCOc1ccc(C(=O)O)c(C(F)(F)F)c1. The molecule has 0 amide bonds. The van der Waals surface area contributed by atoms with E-state index in [1.807, 2.05) is 13.8 Å². The van der Waals surface area contributed by atoms with E-state index in [-0.39, 0.29) is 12.4 Å². The molecule has 1 N–H and O–H groups in total. The van der Waals surface area contributed by atoms with Crippen LogP contribution in [0.15, 0.2) is 18.2 Å². The minimum atomic E-state index is -4.75. The lowest BCUT2D eigenvalue weighted by atomic mass is 10.1. The Morgan fingerprint density at radius 3 is 2.38 bits per heavy atom. The number of methoxy groups -OCH3 is 1. The number of aromatic carboxylic acids is 1. The summed E-state index contributed by atoms with van der Waals surface area (Å²) in [4.78, 5) is 10.8. The fourth-order valence-electron chi connectivity index (χ4n) is 1.55. The van der Waals surface area contributed by atoms with E-state index in [0.717, 1.165) is 6.07 Å². The van der Waals surface area contributed by atoms with Gasteiger partial charge in [-0.05, 0) is 32.0 Å². The largest absolute Gasteiger partial charge is 0.493 e. The number of rotatable bonds is 6. The quantitative estimate of drug-likeness (QED) is 0.872. The van der Waals surface area contributed by atoms with Gasteiger partial charge in [-0.3, -0.25) is 0 Å². The monoisotopic (exact) mass is 306 g/mol. The van der Waals surface area contributed by atoms with Crippen molar-refractivity contribution in [1.82, 2.24) is 0 Å². The molecule has 1 rings (SSSR count). The van der Waals surface area contributed by atoms with Gasteiger partial charge in [-0.1, -0.05) is 0 Å². The third-order valence-electron chi connectivity index (χ3n) is 3.05. The Kier molecular flexibility index (Phi) is 5.22. The molecule has 0 bridgehead atoms. The average molecular weight is 306 g/mol. The fraction of sp³-hybridized carbons (Fsp3) is 0.500. The Labute approximate surface area is 120 Å². The van der Waals surface area contributed by atoms with E-state index in [4.69, 9.17) is 14.6 Å². The van der Waals surface area contributed by atoms with Crippen LogP contribution in [0.5, 0.6) is 5.75 Å². The lowest BCUT2D eigenvalue weighted by molar-refractivity contribution is -0.138. The summed E-state index contributed by atoms with van der Waals surface area (Å²) in [5, 5.41) is 8.78. The zero-order chi connectivity index (χ0) is 16.3. The van der Waals surface area contributed by atoms with E-state index >= 15 is 0 Å². The molecule has 118 valence electrons. The van der Waals surface area contributed by atoms with E-state index in [0.29, 0.717) is 12.5 Å². The number of alkyl halides is 3. The summed E-state index contributed by atoms with van der Waals surface area (Å²) in [6.07, 6.45) is -4.27. The van der Waals surface area contributed by atoms with Crippen LogP contribution in [0.2, 0.25) is 0 Å². The van der Waals surface area contributed by atoms with E-state index in [1.54, 1.807) is 0 Å². The van der Waals surface area contributed by atoms with E-state index in [9.17, 15) is 18.0 Å². The maximum atomic E-state index is 12.8. The van der Waals surface area contributed by atoms with Crippen LogP contribution in [0.4, 0.5) is 13.2 Å². The first-order valence-electron chi connectivity index (χ1n) is 6.19. The molecule has 7 heteroatoms. The molecular formula is C14H17F3O4. The van der Waals surface area contributed by atoms with E-state index in [1.165, 1.54) is 13.2 Å². The lowest BCUT2D eigenvalue weighted by Gasteiger charge is -2.22. The smallest absolute Gasteiger partial charge is 0.417 e. The maximum Gasteiger partial charge on any atom is 0.417 e. The Morgan fingerprint density at radius 2 is 1.90 bits per heavy atom. The Balaban J connectivity index is 2.89. The number of ether oxygens (including phenoxy) is 2. The van der Waals surface area contributed by atoms with Crippen LogP contribution in [-0.4, -0.2) is 30.4 Å². The van der Waals surface area contributed by atoms with Crippen molar-refractivity contribution in [2.75, 3.05) is 13.7 Å². The van der Waals surface area contributed by atoms with Crippen molar-refractivity contribution in [3.63, 3.8) is 0 Å². The standard InChI is InChI=1S/C14H17F3O4/c1-13(2,20-3)6-7-21-9-4-5-10(12(18)19)11(8-9)14(15,16)17/h4-5,8H,6-7H2,1-3H3,(H,18,19). The summed E-state index contributed by atoms with van der Waals surface area (Å²) in [6, 6.07) is 2.80. The van der Waals surface area contributed by atoms with Crippen molar-refractivity contribution in [1.29, 1.82) is 0 Å². The second kappa shape index (κ2) is 6.34. The Hall–Kier alpha value is -1.76. The van der Waals surface area contributed by atoms with Crippen molar-refractivity contribution in [3.05, 3.63) is 29.3 Å². The zero-order valence-electron chi connectivity index (χ0n) is 12.0. The van der Waals surface area contributed by atoms with Crippen LogP contribution in [0.1, 0.15) is 36.2 Å². The van der Waals surface area contributed by atoms with Crippen LogP contribution in [-0.2, 0) is 10.9 Å². The molecular weight excluding hydrogens is 289 g/mol. The molecule has 1 aromatic rings. The highest BCUT2D eigenvalue weighted by molar-refractivity contribution is 5.89. The average Bonchev–Trinajstić information content (AvgIpc) is 2.37. The summed E-state index contributed by atoms with van der Waals surface area (Å²) < 4.78 is 48.9. The first-order chi connectivity index (χ1) is 9.57. The van der Waals surface area contributed by atoms with Crippen molar-refractivity contribution in [2.45, 2.75) is 32.0 Å². The molecule has 0 unspecified atom stereocenters. The van der Waals surface area contributed by atoms with Crippen LogP contribution < -0.4 is 4.74 Å². The molecule has 0 aliphatic rings. The molecule has 0 spiro atoms. The van der Waals surface area contributed by atoms with Gasteiger partial charge in [-0.25, -0.2) is 4.79 Å². The highest BCUT2D eigenvalue weighted by Gasteiger charge is 2.35. The number of carboxylic acids is 1. The number of carbonyl (C=O) groups is 1. The van der Waals surface area contributed by atoms with Crippen LogP contribution in [0, 0.1) is 0 Å². The van der Waals surface area contributed by atoms with Crippen molar-refractivity contribution < 1.29 is 32.5 Å². The molecule has 0 atom stereocenters. The summed E-state index contributed by atoms with van der Waals surface area (Å²) in [6.45, 7) is 3.81. The van der Waals surface area contributed by atoms with E-state index in [2.05, 4.69) is 0 Å². The number of halogens is 3. The van der Waals surface area contributed by atoms with Gasteiger partial charge < -0.3 is 14.6 Å². The summed E-state index contributed by atoms with van der Waals surface area (Å²) in [5.41, 5.74) is -2.47. The van der Waals surface area contributed by atoms with Gasteiger partial charge in [0.05, 0.1) is 23.3 Å². The first kappa shape index (κ1) is 17.3. The highest BCUT2D eigenvalue weighted by Crippen LogP contribution is 2.34. The molecule has 0 aliphatic carbocycles. The van der Waals surface area contributed by atoms with E-state index < -0.39 is 28.9 Å². The van der Waals surface area contributed by atoms with Crippen molar-refractivity contribution in [2.24, 2.45) is 0 Å². The first-order valence-corrected chi connectivity index (χ1v) is 6.19. The van der Waals surface area contributed by atoms with Crippen LogP contribution >= 0.6 is 0 Å². The highest BCUT2D eigenvalue weighted by atomic mass is 19.4. The van der Waals surface area contributed by atoms with Crippen LogP contribution in [0.25, 0.3) is 0 Å². The maximum absolute atomic E-state index is 12.8. The molecule has 0 radical (unpaired) electrons. The summed E-state index contributed by atoms with van der Waals surface area (Å²) in [5.74, 6) is -1.66. The summed E-state index contributed by atoms with van der Waals surface area (Å²) >= 11 is 0. The van der Waals surface area contributed by atoms with Gasteiger partial charge in [-0.2, -0.15) is 13.2 Å². The van der Waals surface area contributed by atoms with Crippen molar-refractivity contribution in [3.8, 4) is 5.75 Å². The molecule has 0 fully saturated rings. The summed E-state index contributed by atoms with van der Waals surface area (Å²) in [7, 11) is 1.53. The molecule has 0 heterocycles. The normalized spacial score (nSPS) is 12.3. The fourth-order valence-corrected chi connectivity index (χ4v) is 1.55. The second-order valence-electron chi connectivity index (χ2n) is 5.07. The third-order valence-corrected chi connectivity index (χ3v) is 3.05. The van der Waals surface area contributed by atoms with Gasteiger partial charge >= 0.3 is 12.1 Å². The topological polar surface area (TPSA) is 55.8 Å². The molecule has 0 saturated carbocycles. The van der Waals surface area contributed by atoms with Crippen LogP contribution in [0.3, 0.4) is 0 Å². The molecule has 1 aromatic carbocycles. The molecule has 4 nitrogen and oxygen atoms in total. The number of carboxylic acid groups (broad SMARTS) is 1. The van der Waals surface area contributed by atoms with Gasteiger partial charge in [0.25, 0.3) is 0 Å². The van der Waals surface area contributed by atoms with Gasteiger partial charge in [0, 0.05) is 13.5 Å². The van der Waals surface area contributed by atoms with Gasteiger partial charge in [0.1, 0.15) is 5.75 Å². The van der Waals surface area contributed by atoms with Gasteiger partial charge in [-0.15, -0.1) is 0 Å². The Morgan fingerprint density at radius 1 is 1.29 bits per heavy atom. The Bertz CT molecular complexity index is 509. The number of benzene rings is 1. The molecule has 21 heavy (non-hydrogen) atoms. The van der Waals surface area contributed by atoms with Gasteiger partial charge in [0.2, 0.25) is 0 Å². The van der Waals surface area contributed by atoms with Gasteiger partial charge in [0.15, 0.2) is 0 Å². The minimum absolute atomic E-state index is 0.0285. The number of hydrogen-bond donors (Lipinski definition) is 1. The zero-order valence-corrected chi connectivity index (χ0v) is 12.0. The third kappa shape index (κ3) is 4.93. The molecule has 0 aromatic heterocycles. The predicted molar refractivity (Wildman–Crippen MR) is 69.6 cm³/mol. The molecule has 0 aliphatic heterocycles. The lowest BCUT2D eigenvalue weighted by Crippen LogP contribution is -2.25. The van der Waals surface area contributed by atoms with Crippen molar-refractivity contribution >= 4 is 5.97 Å². The second-order valence-corrected chi connectivity index (χ2v) is 5.07. The number of hydrogen-bond acceptors (Lipinski definition) is 3. The molecule has 0 saturated heterocycles. The predicted octanol–water partition coefficient (Wildman–Crippen LogP) is 3.60. The minimum Gasteiger partial charge on any atom is -0.493 e.